The first kappa shape index (κ1) is 14.4. The van der Waals surface area contributed by atoms with E-state index in [-0.39, 0.29) is 12.1 Å². The largest absolute Gasteiger partial charge is 0.481 e. The second-order valence-electron chi connectivity index (χ2n) is 5.27. The predicted octanol–water partition coefficient (Wildman–Crippen LogP) is 2.75. The lowest BCUT2D eigenvalue weighted by Gasteiger charge is -2.41. The molecule has 1 fully saturated rings. The van der Waals surface area contributed by atoms with Gasteiger partial charge in [-0.3, -0.25) is 0 Å². The van der Waals surface area contributed by atoms with E-state index >= 15 is 0 Å². The number of carbonyl (C=O) groups excluding carboxylic acids is 1. The Morgan fingerprint density at radius 1 is 1.36 bits per heavy atom. The van der Waals surface area contributed by atoms with Crippen molar-refractivity contribution in [2.45, 2.75) is 19.0 Å². The van der Waals surface area contributed by atoms with Gasteiger partial charge < -0.3 is 15.0 Å². The SMILES string of the molecule is COc1cc(CNC(=O)N2CC[C@@H]2c2ccccc2)ccn1. The molecule has 1 aromatic carbocycles. The molecule has 3 rings (SSSR count). The number of hydrogen-bond acceptors (Lipinski definition) is 3. The number of rotatable bonds is 4. The third-order valence-corrected chi connectivity index (χ3v) is 3.92. The number of carbonyl (C=O) groups is 1. The van der Waals surface area contributed by atoms with Crippen LogP contribution in [0.2, 0.25) is 0 Å². The fraction of sp³-hybridized carbons (Fsp3) is 0.294. The Labute approximate surface area is 129 Å². The monoisotopic (exact) mass is 297 g/mol. The standard InChI is InChI=1S/C17H19N3O2/c1-22-16-11-13(7-9-18-16)12-19-17(21)20-10-8-15(20)14-5-3-2-4-6-14/h2-7,9,11,15H,8,10,12H2,1H3,(H,19,21)/t15-/m1/s1. The molecule has 1 atom stereocenters. The van der Waals surface area contributed by atoms with Crippen LogP contribution < -0.4 is 10.1 Å². The van der Waals surface area contributed by atoms with E-state index in [1.54, 1.807) is 13.3 Å². The van der Waals surface area contributed by atoms with E-state index in [0.29, 0.717) is 12.4 Å². The first-order chi connectivity index (χ1) is 10.8. The highest BCUT2D eigenvalue weighted by Gasteiger charge is 2.32. The van der Waals surface area contributed by atoms with Crippen LogP contribution in [0.5, 0.6) is 5.88 Å². The average molecular weight is 297 g/mol. The van der Waals surface area contributed by atoms with Crippen molar-refractivity contribution in [3.63, 3.8) is 0 Å². The lowest BCUT2D eigenvalue weighted by molar-refractivity contribution is 0.115. The zero-order valence-corrected chi connectivity index (χ0v) is 12.5. The molecule has 2 heterocycles. The number of nitrogens with one attached hydrogen (secondary N) is 1. The quantitative estimate of drug-likeness (QED) is 0.944. The van der Waals surface area contributed by atoms with Gasteiger partial charge in [0.1, 0.15) is 0 Å². The summed E-state index contributed by atoms with van der Waals surface area (Å²) in [5, 5.41) is 2.96. The summed E-state index contributed by atoms with van der Waals surface area (Å²) in [6.07, 6.45) is 2.69. The van der Waals surface area contributed by atoms with Crippen LogP contribution in [0, 0.1) is 0 Å². The molecular formula is C17H19N3O2. The summed E-state index contributed by atoms with van der Waals surface area (Å²) in [7, 11) is 1.58. The lowest BCUT2D eigenvalue weighted by atomic mass is 9.95. The van der Waals surface area contributed by atoms with Crippen LogP contribution in [0.3, 0.4) is 0 Å². The number of methoxy groups -OCH3 is 1. The Balaban J connectivity index is 1.58. The highest BCUT2D eigenvalue weighted by molar-refractivity contribution is 5.75. The summed E-state index contributed by atoms with van der Waals surface area (Å²) in [5.74, 6) is 0.554. The van der Waals surface area contributed by atoms with Gasteiger partial charge in [-0.1, -0.05) is 30.3 Å². The summed E-state index contributed by atoms with van der Waals surface area (Å²) >= 11 is 0. The summed E-state index contributed by atoms with van der Waals surface area (Å²) in [6, 6.07) is 14.0. The topological polar surface area (TPSA) is 54.5 Å². The third-order valence-electron chi connectivity index (χ3n) is 3.92. The molecule has 114 valence electrons. The van der Waals surface area contributed by atoms with Gasteiger partial charge in [0.25, 0.3) is 0 Å². The van der Waals surface area contributed by atoms with Gasteiger partial charge in [0.05, 0.1) is 13.2 Å². The van der Waals surface area contributed by atoms with Crippen molar-refractivity contribution in [2.24, 2.45) is 0 Å². The van der Waals surface area contributed by atoms with Crippen molar-refractivity contribution < 1.29 is 9.53 Å². The van der Waals surface area contributed by atoms with Crippen LogP contribution in [0.1, 0.15) is 23.6 Å². The number of urea groups is 1. The second kappa shape index (κ2) is 6.47. The van der Waals surface area contributed by atoms with E-state index in [0.717, 1.165) is 18.5 Å². The third kappa shape index (κ3) is 3.03. The Bertz CT molecular complexity index is 645. The van der Waals surface area contributed by atoms with Gasteiger partial charge in [-0.2, -0.15) is 0 Å². The Morgan fingerprint density at radius 3 is 2.86 bits per heavy atom. The smallest absolute Gasteiger partial charge is 0.318 e. The number of benzene rings is 1. The summed E-state index contributed by atoms with van der Waals surface area (Å²) in [6.45, 7) is 1.26. The number of nitrogens with zero attached hydrogens (tertiary/aromatic N) is 2. The Hall–Kier alpha value is -2.56. The van der Waals surface area contributed by atoms with Gasteiger partial charge in [0.2, 0.25) is 5.88 Å². The molecule has 1 aromatic heterocycles. The Kier molecular flexibility index (Phi) is 4.23. The molecule has 5 heteroatoms. The molecule has 1 aliphatic rings. The number of ether oxygens (including phenoxy) is 1. The molecule has 1 aliphatic heterocycles. The van der Waals surface area contributed by atoms with Crippen LogP contribution >= 0.6 is 0 Å². The van der Waals surface area contributed by atoms with Crippen LogP contribution in [0.15, 0.2) is 48.7 Å². The normalized spacial score (nSPS) is 16.8. The molecule has 2 amide bonds. The van der Waals surface area contributed by atoms with E-state index in [1.165, 1.54) is 5.56 Å². The van der Waals surface area contributed by atoms with Crippen molar-refractivity contribution in [1.29, 1.82) is 0 Å². The van der Waals surface area contributed by atoms with Crippen LogP contribution in [0.4, 0.5) is 4.79 Å². The summed E-state index contributed by atoms with van der Waals surface area (Å²) < 4.78 is 5.08. The lowest BCUT2D eigenvalue weighted by Crippen LogP contribution is -2.49. The van der Waals surface area contributed by atoms with Gasteiger partial charge in [0.15, 0.2) is 0 Å². The molecule has 22 heavy (non-hydrogen) atoms. The fourth-order valence-corrected chi connectivity index (χ4v) is 2.60. The van der Waals surface area contributed by atoms with E-state index in [2.05, 4.69) is 22.4 Å². The maximum atomic E-state index is 12.3. The van der Waals surface area contributed by atoms with Gasteiger partial charge in [-0.05, 0) is 23.6 Å². The van der Waals surface area contributed by atoms with E-state index in [9.17, 15) is 4.79 Å². The van der Waals surface area contributed by atoms with Crippen molar-refractivity contribution in [3.8, 4) is 5.88 Å². The number of hydrogen-bond donors (Lipinski definition) is 1. The van der Waals surface area contributed by atoms with Gasteiger partial charge in [0, 0.05) is 25.4 Å². The van der Waals surface area contributed by atoms with Crippen molar-refractivity contribution in [2.75, 3.05) is 13.7 Å². The molecule has 2 aromatic rings. The maximum Gasteiger partial charge on any atom is 0.318 e. The van der Waals surface area contributed by atoms with E-state index in [1.807, 2.05) is 35.2 Å². The number of likely N-dealkylation sites (tertiary alicyclic amines) is 1. The number of pyridine rings is 1. The molecule has 5 nitrogen and oxygen atoms in total. The highest BCUT2D eigenvalue weighted by Crippen LogP contribution is 2.32. The van der Waals surface area contributed by atoms with Crippen LogP contribution in [-0.2, 0) is 6.54 Å². The molecule has 0 spiro atoms. The molecule has 1 N–H and O–H groups in total. The minimum absolute atomic E-state index is 0.0316. The fourth-order valence-electron chi connectivity index (χ4n) is 2.60. The number of amides is 2. The highest BCUT2D eigenvalue weighted by atomic mass is 16.5. The van der Waals surface area contributed by atoms with Crippen molar-refractivity contribution >= 4 is 6.03 Å². The molecule has 1 saturated heterocycles. The van der Waals surface area contributed by atoms with Gasteiger partial charge in [-0.25, -0.2) is 9.78 Å². The van der Waals surface area contributed by atoms with Crippen molar-refractivity contribution in [1.82, 2.24) is 15.2 Å². The first-order valence-corrected chi connectivity index (χ1v) is 7.36. The van der Waals surface area contributed by atoms with Gasteiger partial charge in [-0.15, -0.1) is 0 Å². The molecule has 0 bridgehead atoms. The summed E-state index contributed by atoms with van der Waals surface area (Å²) in [4.78, 5) is 18.2. The Morgan fingerprint density at radius 2 is 2.18 bits per heavy atom. The molecule has 0 saturated carbocycles. The minimum Gasteiger partial charge on any atom is -0.481 e. The molecule has 0 unspecified atom stereocenters. The molecular weight excluding hydrogens is 278 g/mol. The molecule has 0 radical (unpaired) electrons. The van der Waals surface area contributed by atoms with Crippen molar-refractivity contribution in [3.05, 3.63) is 59.8 Å². The van der Waals surface area contributed by atoms with Crippen LogP contribution in [-0.4, -0.2) is 29.6 Å². The van der Waals surface area contributed by atoms with E-state index in [4.69, 9.17) is 4.74 Å². The summed E-state index contributed by atoms with van der Waals surface area (Å²) in [5.41, 5.74) is 2.16. The molecule has 0 aliphatic carbocycles. The average Bonchev–Trinajstić information content (AvgIpc) is 2.53. The predicted molar refractivity (Wildman–Crippen MR) is 83.5 cm³/mol. The zero-order chi connectivity index (χ0) is 15.4. The maximum absolute atomic E-state index is 12.3. The zero-order valence-electron chi connectivity index (χ0n) is 12.5. The minimum atomic E-state index is -0.0316. The van der Waals surface area contributed by atoms with Gasteiger partial charge >= 0.3 is 6.03 Å². The second-order valence-corrected chi connectivity index (χ2v) is 5.27. The number of aromatic nitrogens is 1. The van der Waals surface area contributed by atoms with E-state index < -0.39 is 0 Å². The first-order valence-electron chi connectivity index (χ1n) is 7.36. The van der Waals surface area contributed by atoms with Crippen LogP contribution in [0.25, 0.3) is 0 Å².